The molecule has 0 aliphatic carbocycles. The number of aryl methyl sites for hydroxylation is 1. The third kappa shape index (κ3) is 3.68. The van der Waals surface area contributed by atoms with Crippen LogP contribution in [0.25, 0.3) is 0 Å². The monoisotopic (exact) mass is 334 g/mol. The fraction of sp³-hybridized carbons (Fsp3) is 0.176. The molecule has 5 nitrogen and oxygen atoms in total. The van der Waals surface area contributed by atoms with Gasteiger partial charge in [-0.2, -0.15) is 0 Å². The normalized spacial score (nSPS) is 11.8. The number of carbonyl (C=O) groups is 2. The minimum atomic E-state index is -1.31. The van der Waals surface area contributed by atoms with Crippen LogP contribution in [0.3, 0.4) is 0 Å². The smallest absolute Gasteiger partial charge is 0.330 e. The molecular formula is C17H16F2N2O3. The van der Waals surface area contributed by atoms with Crippen LogP contribution >= 0.6 is 0 Å². The predicted octanol–water partition coefficient (Wildman–Crippen LogP) is 2.86. The number of hydrogen-bond donors (Lipinski definition) is 3. The van der Waals surface area contributed by atoms with Gasteiger partial charge in [-0.25, -0.2) is 13.6 Å². The maximum atomic E-state index is 13.9. The highest BCUT2D eigenvalue weighted by Gasteiger charge is 2.22. The fourth-order valence-corrected chi connectivity index (χ4v) is 2.28. The minimum absolute atomic E-state index is 0.0383. The number of halogens is 2. The van der Waals surface area contributed by atoms with Crippen molar-refractivity contribution >= 4 is 17.6 Å². The van der Waals surface area contributed by atoms with Gasteiger partial charge >= 0.3 is 5.97 Å². The quantitative estimate of drug-likeness (QED) is 0.757. The fourth-order valence-electron chi connectivity index (χ4n) is 2.28. The molecule has 126 valence electrons. The first kappa shape index (κ1) is 17.4. The van der Waals surface area contributed by atoms with Gasteiger partial charge in [0.05, 0.1) is 5.69 Å². The molecule has 0 radical (unpaired) electrons. The summed E-state index contributed by atoms with van der Waals surface area (Å²) < 4.78 is 27.5. The first-order valence-corrected chi connectivity index (χ1v) is 7.20. The first-order chi connectivity index (χ1) is 11.3. The SMILES string of the molecule is CCc1cc(C(Nc2cc(C(N)=O)ccc2F)C(=O)O)ccc1F. The van der Waals surface area contributed by atoms with Gasteiger partial charge in [-0.15, -0.1) is 0 Å². The Bertz CT molecular complexity index is 793. The second-order valence-corrected chi connectivity index (χ2v) is 5.18. The summed E-state index contributed by atoms with van der Waals surface area (Å²) in [6.07, 6.45) is 0.386. The Balaban J connectivity index is 2.41. The summed E-state index contributed by atoms with van der Waals surface area (Å²) in [5.41, 5.74) is 5.62. The van der Waals surface area contributed by atoms with Gasteiger partial charge in [0.15, 0.2) is 6.04 Å². The van der Waals surface area contributed by atoms with Crippen molar-refractivity contribution in [3.63, 3.8) is 0 Å². The average molecular weight is 334 g/mol. The molecule has 2 rings (SSSR count). The van der Waals surface area contributed by atoms with Crippen LogP contribution < -0.4 is 11.1 Å². The van der Waals surface area contributed by atoms with Gasteiger partial charge in [-0.05, 0) is 41.8 Å². The summed E-state index contributed by atoms with van der Waals surface area (Å²) in [5, 5.41) is 11.9. The molecular weight excluding hydrogens is 318 g/mol. The van der Waals surface area contributed by atoms with Crippen molar-refractivity contribution in [1.29, 1.82) is 0 Å². The van der Waals surface area contributed by atoms with Crippen LogP contribution in [0.5, 0.6) is 0 Å². The molecule has 0 aliphatic heterocycles. The second kappa shape index (κ2) is 7.08. The molecule has 1 atom stereocenters. The number of anilines is 1. The van der Waals surface area contributed by atoms with Crippen molar-refractivity contribution in [3.05, 3.63) is 64.7 Å². The van der Waals surface area contributed by atoms with E-state index < -0.39 is 29.6 Å². The first-order valence-electron chi connectivity index (χ1n) is 7.20. The molecule has 0 saturated heterocycles. The Labute approximate surface area is 137 Å². The molecule has 2 aromatic rings. The zero-order chi connectivity index (χ0) is 17.9. The number of nitrogens with two attached hydrogens (primary N) is 1. The van der Waals surface area contributed by atoms with Crippen LogP contribution in [0.15, 0.2) is 36.4 Å². The van der Waals surface area contributed by atoms with E-state index in [1.165, 1.54) is 24.3 Å². The molecule has 0 aromatic heterocycles. The van der Waals surface area contributed by atoms with Gasteiger partial charge < -0.3 is 16.2 Å². The summed E-state index contributed by atoms with van der Waals surface area (Å²) in [4.78, 5) is 22.7. The van der Waals surface area contributed by atoms with E-state index in [1.54, 1.807) is 6.92 Å². The van der Waals surface area contributed by atoms with Crippen molar-refractivity contribution in [2.45, 2.75) is 19.4 Å². The summed E-state index contributed by atoms with van der Waals surface area (Å²) in [5.74, 6) is -3.20. The van der Waals surface area contributed by atoms with E-state index in [2.05, 4.69) is 5.32 Å². The highest BCUT2D eigenvalue weighted by Crippen LogP contribution is 2.25. The Morgan fingerprint density at radius 1 is 1.17 bits per heavy atom. The van der Waals surface area contributed by atoms with E-state index in [4.69, 9.17) is 5.73 Å². The van der Waals surface area contributed by atoms with E-state index >= 15 is 0 Å². The number of aliphatic carboxylic acids is 1. The van der Waals surface area contributed by atoms with E-state index in [1.807, 2.05) is 0 Å². The molecule has 24 heavy (non-hydrogen) atoms. The van der Waals surface area contributed by atoms with Gasteiger partial charge in [-0.3, -0.25) is 4.79 Å². The average Bonchev–Trinajstić information content (AvgIpc) is 2.54. The zero-order valence-electron chi connectivity index (χ0n) is 12.8. The lowest BCUT2D eigenvalue weighted by atomic mass is 10.0. The molecule has 0 bridgehead atoms. The number of carbonyl (C=O) groups excluding carboxylic acids is 1. The Morgan fingerprint density at radius 2 is 1.83 bits per heavy atom. The topological polar surface area (TPSA) is 92.4 Å². The minimum Gasteiger partial charge on any atom is -0.479 e. The number of rotatable bonds is 6. The molecule has 0 heterocycles. The number of benzene rings is 2. The van der Waals surface area contributed by atoms with Crippen LogP contribution in [-0.4, -0.2) is 17.0 Å². The largest absolute Gasteiger partial charge is 0.479 e. The molecule has 2 aromatic carbocycles. The van der Waals surface area contributed by atoms with E-state index in [-0.39, 0.29) is 16.8 Å². The number of carboxylic acid groups (broad SMARTS) is 1. The lowest BCUT2D eigenvalue weighted by Crippen LogP contribution is -2.22. The van der Waals surface area contributed by atoms with Gasteiger partial charge in [0.2, 0.25) is 5.91 Å². The lowest BCUT2D eigenvalue weighted by Gasteiger charge is -2.18. The molecule has 0 aliphatic rings. The van der Waals surface area contributed by atoms with Crippen molar-refractivity contribution in [1.82, 2.24) is 0 Å². The van der Waals surface area contributed by atoms with Crippen LogP contribution in [-0.2, 0) is 11.2 Å². The number of hydrogen-bond acceptors (Lipinski definition) is 3. The van der Waals surface area contributed by atoms with Gasteiger partial charge in [-0.1, -0.05) is 19.1 Å². The summed E-state index contributed by atoms with van der Waals surface area (Å²) >= 11 is 0. The molecule has 0 spiro atoms. The molecule has 4 N–H and O–H groups in total. The summed E-state index contributed by atoms with van der Waals surface area (Å²) in [7, 11) is 0. The second-order valence-electron chi connectivity index (χ2n) is 5.18. The lowest BCUT2D eigenvalue weighted by molar-refractivity contribution is -0.138. The maximum absolute atomic E-state index is 13.9. The van der Waals surface area contributed by atoms with Gasteiger partial charge in [0.1, 0.15) is 11.6 Å². The molecule has 7 heteroatoms. The molecule has 1 amide bonds. The van der Waals surface area contributed by atoms with Crippen molar-refractivity contribution < 1.29 is 23.5 Å². The van der Waals surface area contributed by atoms with E-state index in [0.29, 0.717) is 12.0 Å². The van der Waals surface area contributed by atoms with Crippen LogP contribution in [0.4, 0.5) is 14.5 Å². The standard InChI is InChI=1S/C17H16F2N2O3/c1-2-9-7-10(3-5-12(9)18)15(17(23)24)21-14-8-11(16(20)22)4-6-13(14)19/h3-8,15,21H,2H2,1H3,(H2,20,22)(H,23,24). The molecule has 1 unspecified atom stereocenters. The molecule has 0 saturated carbocycles. The zero-order valence-corrected chi connectivity index (χ0v) is 12.8. The predicted molar refractivity (Wildman–Crippen MR) is 84.7 cm³/mol. The Morgan fingerprint density at radius 3 is 2.42 bits per heavy atom. The third-order valence-corrected chi connectivity index (χ3v) is 3.58. The number of primary amides is 1. The van der Waals surface area contributed by atoms with Gasteiger partial charge in [0, 0.05) is 5.56 Å². The van der Waals surface area contributed by atoms with Crippen molar-refractivity contribution in [2.24, 2.45) is 5.73 Å². The Kier molecular flexibility index (Phi) is 5.13. The number of amides is 1. The highest BCUT2D eigenvalue weighted by molar-refractivity contribution is 5.94. The van der Waals surface area contributed by atoms with Gasteiger partial charge in [0.25, 0.3) is 0 Å². The van der Waals surface area contributed by atoms with Crippen LogP contribution in [0.2, 0.25) is 0 Å². The van der Waals surface area contributed by atoms with Crippen molar-refractivity contribution in [2.75, 3.05) is 5.32 Å². The third-order valence-electron chi connectivity index (χ3n) is 3.58. The summed E-state index contributed by atoms with van der Waals surface area (Å²) in [6.45, 7) is 1.74. The summed E-state index contributed by atoms with van der Waals surface area (Å²) in [6, 6.07) is 5.94. The maximum Gasteiger partial charge on any atom is 0.330 e. The van der Waals surface area contributed by atoms with E-state index in [9.17, 15) is 23.5 Å². The van der Waals surface area contributed by atoms with Crippen molar-refractivity contribution in [3.8, 4) is 0 Å². The van der Waals surface area contributed by atoms with Crippen LogP contribution in [0, 0.1) is 11.6 Å². The Hall–Kier alpha value is -2.96. The van der Waals surface area contributed by atoms with E-state index in [0.717, 1.165) is 12.1 Å². The van der Waals surface area contributed by atoms with Crippen LogP contribution in [0.1, 0.15) is 34.5 Å². The molecule has 0 fully saturated rings. The highest BCUT2D eigenvalue weighted by atomic mass is 19.1. The number of carboxylic acids is 1. The number of nitrogens with one attached hydrogen (secondary N) is 1.